The lowest BCUT2D eigenvalue weighted by Gasteiger charge is -2.34. The fourth-order valence-electron chi connectivity index (χ4n) is 3.58. The third kappa shape index (κ3) is 3.41. The highest BCUT2D eigenvalue weighted by Gasteiger charge is 2.22. The molecule has 0 unspecified atom stereocenters. The number of para-hydroxylation sites is 1. The molecule has 1 fully saturated rings. The van der Waals surface area contributed by atoms with Gasteiger partial charge in [-0.2, -0.15) is 0 Å². The molecule has 1 saturated heterocycles. The predicted octanol–water partition coefficient (Wildman–Crippen LogP) is 2.06. The van der Waals surface area contributed by atoms with E-state index in [4.69, 9.17) is 16.0 Å². The van der Waals surface area contributed by atoms with Crippen LogP contribution in [-0.4, -0.2) is 31.3 Å². The van der Waals surface area contributed by atoms with Crippen LogP contribution in [0.5, 0.6) is 5.75 Å². The summed E-state index contributed by atoms with van der Waals surface area (Å²) >= 11 is 6.31. The van der Waals surface area contributed by atoms with E-state index >= 15 is 0 Å². The van der Waals surface area contributed by atoms with Gasteiger partial charge in [-0.05, 0) is 24.3 Å². The van der Waals surface area contributed by atoms with E-state index < -0.39 is 0 Å². The number of nitrogens with one attached hydrogen (secondary N) is 1. The lowest BCUT2D eigenvalue weighted by Crippen LogP contribution is -3.13. The topological polar surface area (TPSA) is 58.1 Å². The number of rotatable bonds is 3. The fraction of sp³-hybridized carbons (Fsp3) is 0.250. The molecule has 6 heteroatoms. The number of piperazine rings is 1. The molecule has 0 saturated carbocycles. The third-order valence-corrected chi connectivity index (χ3v) is 5.24. The molecular weight excluding hydrogens is 352 g/mol. The van der Waals surface area contributed by atoms with Crippen LogP contribution in [0.3, 0.4) is 0 Å². The van der Waals surface area contributed by atoms with Crippen LogP contribution < -0.4 is 15.4 Å². The number of anilines is 1. The van der Waals surface area contributed by atoms with Crippen LogP contribution in [0.4, 0.5) is 5.69 Å². The number of hydrogen-bond acceptors (Lipinski definition) is 4. The van der Waals surface area contributed by atoms with Crippen LogP contribution in [0.15, 0.2) is 57.7 Å². The van der Waals surface area contributed by atoms with Gasteiger partial charge < -0.3 is 19.3 Å². The van der Waals surface area contributed by atoms with Gasteiger partial charge in [0, 0.05) is 23.1 Å². The fourth-order valence-corrected chi connectivity index (χ4v) is 3.84. The van der Waals surface area contributed by atoms with Crippen molar-refractivity contribution in [3.05, 3.63) is 69.5 Å². The van der Waals surface area contributed by atoms with Gasteiger partial charge in [0.05, 0.1) is 36.9 Å². The van der Waals surface area contributed by atoms with Gasteiger partial charge in [0.15, 0.2) is 0 Å². The van der Waals surface area contributed by atoms with Crippen molar-refractivity contribution in [1.29, 1.82) is 0 Å². The summed E-state index contributed by atoms with van der Waals surface area (Å²) in [5.74, 6) is 0.0958. The third-order valence-electron chi connectivity index (χ3n) is 4.92. The van der Waals surface area contributed by atoms with Crippen molar-refractivity contribution in [3.8, 4) is 5.75 Å². The Morgan fingerprint density at radius 2 is 1.88 bits per heavy atom. The molecule has 5 nitrogen and oxygen atoms in total. The zero-order valence-electron chi connectivity index (χ0n) is 14.2. The minimum absolute atomic E-state index is 0.0958. The number of phenolic OH excluding ortho intramolecular Hbond substituents is 1. The molecule has 0 amide bonds. The van der Waals surface area contributed by atoms with E-state index in [0.29, 0.717) is 5.58 Å². The average Bonchev–Trinajstić information content (AvgIpc) is 2.62. The Kier molecular flexibility index (Phi) is 4.57. The standard InChI is InChI=1S/C20H19ClN2O3/c21-17-3-1-2-4-18(17)23-9-7-22(8-10-23)13-14-11-20(25)26-19-12-15(24)5-6-16(14)19/h1-6,11-12,24H,7-10,13H2/p+1. The summed E-state index contributed by atoms with van der Waals surface area (Å²) in [6.07, 6.45) is 0. The Morgan fingerprint density at radius 1 is 1.12 bits per heavy atom. The lowest BCUT2D eigenvalue weighted by molar-refractivity contribution is -0.914. The second kappa shape index (κ2) is 7.02. The van der Waals surface area contributed by atoms with Crippen LogP contribution in [0, 0.1) is 0 Å². The van der Waals surface area contributed by atoms with Crippen molar-refractivity contribution >= 4 is 28.3 Å². The van der Waals surface area contributed by atoms with E-state index in [1.54, 1.807) is 12.1 Å². The highest BCUT2D eigenvalue weighted by Crippen LogP contribution is 2.25. The molecule has 4 rings (SSSR count). The Bertz CT molecular complexity index is 994. The number of quaternary nitrogens is 1. The number of halogens is 1. The first-order valence-electron chi connectivity index (χ1n) is 8.69. The Balaban J connectivity index is 1.51. The van der Waals surface area contributed by atoms with Gasteiger partial charge >= 0.3 is 5.63 Å². The molecule has 2 aromatic carbocycles. The smallest absolute Gasteiger partial charge is 0.336 e. The van der Waals surface area contributed by atoms with E-state index in [1.165, 1.54) is 11.0 Å². The van der Waals surface area contributed by atoms with E-state index in [9.17, 15) is 9.90 Å². The molecule has 1 aliphatic rings. The summed E-state index contributed by atoms with van der Waals surface area (Å²) in [5.41, 5.74) is 2.08. The van der Waals surface area contributed by atoms with Gasteiger partial charge in [0.1, 0.15) is 17.9 Å². The quantitative estimate of drug-likeness (QED) is 0.692. The lowest BCUT2D eigenvalue weighted by atomic mass is 10.1. The van der Waals surface area contributed by atoms with Gasteiger partial charge in [-0.3, -0.25) is 0 Å². The van der Waals surface area contributed by atoms with Crippen molar-refractivity contribution in [2.24, 2.45) is 0 Å². The second-order valence-electron chi connectivity index (χ2n) is 6.64. The monoisotopic (exact) mass is 371 g/mol. The van der Waals surface area contributed by atoms with Gasteiger partial charge in [-0.1, -0.05) is 23.7 Å². The van der Waals surface area contributed by atoms with Gasteiger partial charge in [0.2, 0.25) is 0 Å². The van der Waals surface area contributed by atoms with Crippen molar-refractivity contribution in [1.82, 2.24) is 0 Å². The highest BCUT2D eigenvalue weighted by atomic mass is 35.5. The largest absolute Gasteiger partial charge is 0.508 e. The maximum absolute atomic E-state index is 11.9. The first-order chi connectivity index (χ1) is 12.6. The molecule has 0 radical (unpaired) electrons. The molecule has 26 heavy (non-hydrogen) atoms. The van der Waals surface area contributed by atoms with Crippen molar-refractivity contribution in [2.45, 2.75) is 6.54 Å². The van der Waals surface area contributed by atoms with E-state index in [2.05, 4.69) is 11.0 Å². The van der Waals surface area contributed by atoms with Crippen LogP contribution in [0.2, 0.25) is 5.02 Å². The zero-order valence-corrected chi connectivity index (χ0v) is 15.0. The van der Waals surface area contributed by atoms with E-state index in [0.717, 1.165) is 54.4 Å². The maximum Gasteiger partial charge on any atom is 0.336 e. The Morgan fingerprint density at radius 3 is 2.65 bits per heavy atom. The number of aromatic hydroxyl groups is 1. The first-order valence-corrected chi connectivity index (χ1v) is 9.07. The van der Waals surface area contributed by atoms with E-state index in [1.807, 2.05) is 24.3 Å². The molecule has 0 bridgehead atoms. The predicted molar refractivity (Wildman–Crippen MR) is 102 cm³/mol. The minimum atomic E-state index is -0.382. The molecule has 0 atom stereocenters. The van der Waals surface area contributed by atoms with Gasteiger partial charge in [-0.25, -0.2) is 4.79 Å². The molecule has 3 aromatic rings. The summed E-state index contributed by atoms with van der Waals surface area (Å²) in [5, 5.41) is 11.3. The SMILES string of the molecule is O=c1cc(C[NH+]2CCN(c3ccccc3Cl)CC2)c2ccc(O)cc2o1. The molecule has 2 N–H and O–H groups in total. The minimum Gasteiger partial charge on any atom is -0.508 e. The average molecular weight is 372 g/mol. The second-order valence-corrected chi connectivity index (χ2v) is 7.04. The van der Waals surface area contributed by atoms with Crippen LogP contribution in [-0.2, 0) is 6.54 Å². The molecule has 1 aromatic heterocycles. The van der Waals surface area contributed by atoms with E-state index in [-0.39, 0.29) is 11.4 Å². The normalized spacial score (nSPS) is 15.5. The maximum atomic E-state index is 11.9. The number of nitrogens with zero attached hydrogens (tertiary/aromatic N) is 1. The van der Waals surface area contributed by atoms with Crippen molar-refractivity contribution in [2.75, 3.05) is 31.1 Å². The van der Waals surface area contributed by atoms with Gasteiger partial charge in [0.25, 0.3) is 0 Å². The Labute approximate surface area is 156 Å². The van der Waals surface area contributed by atoms with Crippen molar-refractivity contribution < 1.29 is 14.4 Å². The van der Waals surface area contributed by atoms with Crippen molar-refractivity contribution in [3.63, 3.8) is 0 Å². The molecule has 134 valence electrons. The number of phenols is 1. The van der Waals surface area contributed by atoms with Crippen LogP contribution in [0.25, 0.3) is 11.0 Å². The summed E-state index contributed by atoms with van der Waals surface area (Å²) in [6, 6.07) is 14.4. The number of hydrogen-bond donors (Lipinski definition) is 2. The molecule has 1 aliphatic heterocycles. The summed E-state index contributed by atoms with van der Waals surface area (Å²) in [7, 11) is 0. The van der Waals surface area contributed by atoms with Gasteiger partial charge in [-0.15, -0.1) is 0 Å². The van der Waals surface area contributed by atoms with Crippen LogP contribution >= 0.6 is 11.6 Å². The molecule has 2 heterocycles. The van der Waals surface area contributed by atoms with Crippen LogP contribution in [0.1, 0.15) is 5.56 Å². The number of fused-ring (bicyclic) bond motifs is 1. The zero-order chi connectivity index (χ0) is 18.1. The molecule has 0 aliphatic carbocycles. The summed E-state index contributed by atoms with van der Waals surface area (Å²) in [6.45, 7) is 4.51. The highest BCUT2D eigenvalue weighted by molar-refractivity contribution is 6.33. The summed E-state index contributed by atoms with van der Waals surface area (Å²) < 4.78 is 5.21. The molecular formula is C20H20ClN2O3+. The Hall–Kier alpha value is -2.50. The number of benzene rings is 2. The first kappa shape index (κ1) is 16.9. The summed E-state index contributed by atoms with van der Waals surface area (Å²) in [4.78, 5) is 15.6. The molecule has 0 spiro atoms.